The molecule has 0 atom stereocenters. The number of nitrogens with zero attached hydrogens (tertiary/aromatic N) is 3. The number of hydrogen-bond donors (Lipinski definition) is 4. The van der Waals surface area contributed by atoms with Crippen LogP contribution in [-0.2, 0) is 4.79 Å². The molecule has 0 saturated heterocycles. The first kappa shape index (κ1) is 24.2. The zero-order valence-corrected chi connectivity index (χ0v) is 20.7. The van der Waals surface area contributed by atoms with E-state index in [2.05, 4.69) is 49.9 Å². The van der Waals surface area contributed by atoms with Crippen LogP contribution >= 0.6 is 0 Å². The lowest BCUT2D eigenvalue weighted by Crippen LogP contribution is -2.26. The SMILES string of the molecule is CC1(CC(=O)O)CCC(c2ccc(Nc3nc(NC4CCCCC4)nc4cn[nH]c(=O)c34)cc2)CC1. The summed E-state index contributed by atoms with van der Waals surface area (Å²) in [5.41, 5.74) is 2.15. The van der Waals surface area contributed by atoms with Crippen molar-refractivity contribution in [2.24, 2.45) is 5.41 Å². The summed E-state index contributed by atoms with van der Waals surface area (Å²) < 4.78 is 0. The normalized spacial score (nSPS) is 22.9. The first-order valence-electron chi connectivity index (χ1n) is 13.0. The Bertz CT molecular complexity index is 1270. The molecule has 0 unspecified atom stereocenters. The molecule has 9 heteroatoms. The van der Waals surface area contributed by atoms with Gasteiger partial charge in [-0.3, -0.25) is 9.59 Å². The third kappa shape index (κ3) is 5.50. The van der Waals surface area contributed by atoms with Gasteiger partial charge in [0.2, 0.25) is 5.95 Å². The van der Waals surface area contributed by atoms with Gasteiger partial charge in [0.25, 0.3) is 5.56 Å². The average molecular weight is 491 g/mol. The van der Waals surface area contributed by atoms with E-state index in [1.165, 1.54) is 24.8 Å². The van der Waals surface area contributed by atoms with E-state index in [9.17, 15) is 14.7 Å². The molecule has 4 N–H and O–H groups in total. The van der Waals surface area contributed by atoms with Gasteiger partial charge in [0, 0.05) is 11.7 Å². The van der Waals surface area contributed by atoms with E-state index in [-0.39, 0.29) is 17.4 Å². The fourth-order valence-corrected chi connectivity index (χ4v) is 5.75. The molecule has 0 amide bonds. The lowest BCUT2D eigenvalue weighted by Gasteiger charge is -2.36. The van der Waals surface area contributed by atoms with Gasteiger partial charge in [-0.1, -0.05) is 38.3 Å². The molecular formula is C27H34N6O3. The maximum atomic E-state index is 12.6. The summed E-state index contributed by atoms with van der Waals surface area (Å²) in [4.78, 5) is 33.0. The quantitative estimate of drug-likeness (QED) is 0.349. The Morgan fingerprint density at radius 3 is 2.50 bits per heavy atom. The molecule has 190 valence electrons. The van der Waals surface area contributed by atoms with Crippen molar-refractivity contribution in [2.45, 2.75) is 83.1 Å². The molecule has 0 bridgehead atoms. The Morgan fingerprint density at radius 1 is 1.08 bits per heavy atom. The number of aromatic amines is 1. The van der Waals surface area contributed by atoms with Crippen molar-refractivity contribution < 1.29 is 9.90 Å². The van der Waals surface area contributed by atoms with E-state index in [1.807, 2.05) is 12.1 Å². The number of anilines is 3. The van der Waals surface area contributed by atoms with Gasteiger partial charge in [-0.05, 0) is 67.6 Å². The smallest absolute Gasteiger partial charge is 0.303 e. The molecule has 1 aromatic carbocycles. The second kappa shape index (κ2) is 10.2. The summed E-state index contributed by atoms with van der Waals surface area (Å²) in [6.45, 7) is 2.09. The molecule has 0 aliphatic heterocycles. The fourth-order valence-electron chi connectivity index (χ4n) is 5.75. The van der Waals surface area contributed by atoms with Crippen molar-refractivity contribution in [3.63, 3.8) is 0 Å². The second-order valence-corrected chi connectivity index (χ2v) is 10.7. The number of hydrogen-bond acceptors (Lipinski definition) is 7. The summed E-state index contributed by atoms with van der Waals surface area (Å²) in [5, 5.41) is 22.8. The van der Waals surface area contributed by atoms with E-state index >= 15 is 0 Å². The predicted octanol–water partition coefficient (Wildman–Crippen LogP) is 5.34. The van der Waals surface area contributed by atoms with Crippen LogP contribution < -0.4 is 16.2 Å². The van der Waals surface area contributed by atoms with Gasteiger partial charge < -0.3 is 15.7 Å². The van der Waals surface area contributed by atoms with Crippen LogP contribution in [0.25, 0.3) is 10.9 Å². The molecule has 5 rings (SSSR count). The number of fused-ring (bicyclic) bond motifs is 1. The first-order chi connectivity index (χ1) is 17.4. The molecule has 2 fully saturated rings. The van der Waals surface area contributed by atoms with Crippen molar-refractivity contribution in [2.75, 3.05) is 10.6 Å². The minimum Gasteiger partial charge on any atom is -0.481 e. The molecule has 0 spiro atoms. The van der Waals surface area contributed by atoms with Crippen LogP contribution in [-0.4, -0.2) is 37.3 Å². The number of benzene rings is 1. The topological polar surface area (TPSA) is 133 Å². The minimum absolute atomic E-state index is 0.108. The van der Waals surface area contributed by atoms with Gasteiger partial charge in [-0.15, -0.1) is 0 Å². The summed E-state index contributed by atoms with van der Waals surface area (Å²) in [7, 11) is 0. The Morgan fingerprint density at radius 2 is 1.81 bits per heavy atom. The highest BCUT2D eigenvalue weighted by molar-refractivity contribution is 5.90. The van der Waals surface area contributed by atoms with E-state index < -0.39 is 5.97 Å². The van der Waals surface area contributed by atoms with Gasteiger partial charge in [-0.2, -0.15) is 10.1 Å². The molecule has 36 heavy (non-hydrogen) atoms. The molecule has 0 radical (unpaired) electrons. The number of carbonyl (C=O) groups is 1. The number of nitrogens with one attached hydrogen (secondary N) is 3. The Labute approximate surface area is 210 Å². The highest BCUT2D eigenvalue weighted by Gasteiger charge is 2.33. The van der Waals surface area contributed by atoms with Gasteiger partial charge in [0.05, 0.1) is 12.6 Å². The van der Waals surface area contributed by atoms with Crippen LogP contribution in [0.5, 0.6) is 0 Å². The monoisotopic (exact) mass is 490 g/mol. The molecule has 2 saturated carbocycles. The zero-order chi connectivity index (χ0) is 25.1. The van der Waals surface area contributed by atoms with E-state index in [0.29, 0.717) is 34.6 Å². The first-order valence-corrected chi connectivity index (χ1v) is 13.0. The number of carboxylic acids is 1. The second-order valence-electron chi connectivity index (χ2n) is 10.7. The summed E-state index contributed by atoms with van der Waals surface area (Å²) in [6.07, 6.45) is 11.5. The molecule has 2 aliphatic carbocycles. The third-order valence-electron chi connectivity index (χ3n) is 7.87. The molecule has 2 aliphatic rings. The maximum Gasteiger partial charge on any atom is 0.303 e. The number of H-pyrrole nitrogens is 1. The molecular weight excluding hydrogens is 456 g/mol. The molecule has 2 aromatic heterocycles. The number of aromatic nitrogens is 4. The van der Waals surface area contributed by atoms with Crippen LogP contribution in [0.4, 0.5) is 17.5 Å². The maximum absolute atomic E-state index is 12.6. The van der Waals surface area contributed by atoms with E-state index in [4.69, 9.17) is 0 Å². The highest BCUT2D eigenvalue weighted by atomic mass is 16.4. The standard InChI is InChI=1S/C27H34N6O3/c1-27(15-22(34)35)13-11-18(12-14-27)17-7-9-20(10-8-17)29-24-23-21(16-28-33-25(23)36)31-26(32-24)30-19-5-3-2-4-6-19/h7-10,16,18-19H,2-6,11-15H2,1H3,(H,33,36)(H,34,35)(H2,29,30,31,32). The molecule has 2 heterocycles. The Kier molecular flexibility index (Phi) is 6.89. The molecule has 3 aromatic rings. The Balaban J connectivity index is 1.33. The predicted molar refractivity (Wildman–Crippen MR) is 140 cm³/mol. The zero-order valence-electron chi connectivity index (χ0n) is 20.7. The van der Waals surface area contributed by atoms with Crippen LogP contribution in [0.2, 0.25) is 0 Å². The van der Waals surface area contributed by atoms with Crippen LogP contribution in [0.1, 0.15) is 82.6 Å². The summed E-state index contributed by atoms with van der Waals surface area (Å²) >= 11 is 0. The van der Waals surface area contributed by atoms with Gasteiger partial charge >= 0.3 is 5.97 Å². The lowest BCUT2D eigenvalue weighted by molar-refractivity contribution is -0.140. The van der Waals surface area contributed by atoms with Gasteiger partial charge in [-0.25, -0.2) is 10.1 Å². The Hall–Kier alpha value is -3.49. The van der Waals surface area contributed by atoms with Crippen LogP contribution in [0, 0.1) is 5.41 Å². The van der Waals surface area contributed by atoms with Gasteiger partial charge in [0.15, 0.2) is 0 Å². The van der Waals surface area contributed by atoms with E-state index in [1.54, 1.807) is 6.20 Å². The van der Waals surface area contributed by atoms with Crippen LogP contribution in [0.3, 0.4) is 0 Å². The summed E-state index contributed by atoms with van der Waals surface area (Å²) in [6, 6.07) is 8.59. The third-order valence-corrected chi connectivity index (χ3v) is 7.87. The average Bonchev–Trinajstić information content (AvgIpc) is 2.85. The number of aliphatic carboxylic acids is 1. The fraction of sp³-hybridized carbons (Fsp3) is 0.519. The molecule has 9 nitrogen and oxygen atoms in total. The lowest BCUT2D eigenvalue weighted by atomic mass is 9.68. The number of carboxylic acid groups (broad SMARTS) is 1. The van der Waals surface area contributed by atoms with Gasteiger partial charge in [0.1, 0.15) is 16.7 Å². The van der Waals surface area contributed by atoms with Crippen molar-refractivity contribution in [1.29, 1.82) is 0 Å². The van der Waals surface area contributed by atoms with Crippen molar-refractivity contribution in [3.8, 4) is 0 Å². The minimum atomic E-state index is -0.713. The van der Waals surface area contributed by atoms with Crippen molar-refractivity contribution >= 4 is 34.3 Å². The van der Waals surface area contributed by atoms with Crippen LogP contribution in [0.15, 0.2) is 35.3 Å². The van der Waals surface area contributed by atoms with Crippen molar-refractivity contribution in [1.82, 2.24) is 20.2 Å². The van der Waals surface area contributed by atoms with Crippen molar-refractivity contribution in [3.05, 3.63) is 46.4 Å². The van der Waals surface area contributed by atoms with E-state index in [0.717, 1.165) is 44.2 Å². The highest BCUT2D eigenvalue weighted by Crippen LogP contribution is 2.45. The summed E-state index contributed by atoms with van der Waals surface area (Å²) in [5.74, 6) is 0.681. The largest absolute Gasteiger partial charge is 0.481 e. The number of rotatable bonds is 7.